The highest BCUT2D eigenvalue weighted by molar-refractivity contribution is 7.46. The molecule has 0 unspecified atom stereocenters. The van der Waals surface area contributed by atoms with Crippen molar-refractivity contribution in [3.8, 4) is 0 Å². The van der Waals surface area contributed by atoms with E-state index in [0.29, 0.717) is 6.42 Å². The summed E-state index contributed by atoms with van der Waals surface area (Å²) in [5, 5.41) is 0. The maximum Gasteiger partial charge on any atom is 1.00 e. The van der Waals surface area contributed by atoms with Gasteiger partial charge in [0, 0.05) is 6.16 Å². The standard InChI is InChI=1S/C4H9F2P/c1-2-3-4-7(5)6/h2-4H2,1H3/p+2. The first-order valence-corrected chi connectivity index (χ1v) is 3.67. The van der Waals surface area contributed by atoms with Crippen molar-refractivity contribution in [2.24, 2.45) is 0 Å². The lowest BCUT2D eigenvalue weighted by Gasteiger charge is -1.90. The summed E-state index contributed by atoms with van der Waals surface area (Å²) < 4.78 is 22.6. The lowest BCUT2D eigenvalue weighted by molar-refractivity contribution is 0.724. The molecule has 0 saturated carbocycles. The van der Waals surface area contributed by atoms with E-state index >= 15 is 0 Å². The van der Waals surface area contributed by atoms with Gasteiger partial charge >= 0.3 is 2.85 Å². The van der Waals surface area contributed by atoms with E-state index in [4.69, 9.17) is 0 Å². The van der Waals surface area contributed by atoms with Crippen molar-refractivity contribution in [1.29, 1.82) is 0 Å². The maximum atomic E-state index is 11.3. The summed E-state index contributed by atoms with van der Waals surface area (Å²) in [6.45, 7) is 1.92. The minimum Gasteiger partial charge on any atom is -0.189 e. The second-order valence-electron chi connectivity index (χ2n) is 1.38. The normalized spacial score (nSPS) is 10.3. The summed E-state index contributed by atoms with van der Waals surface area (Å²) >= 11 is 0. The van der Waals surface area contributed by atoms with E-state index in [1.807, 2.05) is 6.92 Å². The molecule has 0 aliphatic carbocycles. The van der Waals surface area contributed by atoms with E-state index < -0.39 is 8.54 Å². The summed E-state index contributed by atoms with van der Waals surface area (Å²) in [6, 6.07) is 0. The van der Waals surface area contributed by atoms with Crippen molar-refractivity contribution in [1.82, 2.24) is 0 Å². The molecule has 0 aromatic heterocycles. The first-order valence-electron chi connectivity index (χ1n) is 2.36. The third kappa shape index (κ3) is 6.29. The van der Waals surface area contributed by atoms with Crippen molar-refractivity contribution in [3.05, 3.63) is 0 Å². The second kappa shape index (κ2) is 4.45. The molecule has 0 radical (unpaired) electrons. The van der Waals surface area contributed by atoms with Gasteiger partial charge < -0.3 is 0 Å². The van der Waals surface area contributed by atoms with E-state index in [9.17, 15) is 8.39 Å². The molecule has 0 aromatic rings. The molecule has 0 aliphatic rings. The number of hydrogen-bond acceptors (Lipinski definition) is 0. The molecule has 0 spiro atoms. The molecule has 3 heteroatoms. The summed E-state index contributed by atoms with van der Waals surface area (Å²) in [5.74, 6) is 0. The van der Waals surface area contributed by atoms with E-state index in [1.165, 1.54) is 0 Å². The van der Waals surface area contributed by atoms with Gasteiger partial charge in [0.15, 0.2) is 0 Å². The van der Waals surface area contributed by atoms with E-state index in [-0.39, 0.29) is 9.02 Å². The van der Waals surface area contributed by atoms with E-state index in [2.05, 4.69) is 0 Å². The zero-order chi connectivity index (χ0) is 5.70. The monoisotopic (exact) mass is 128 g/mol. The minimum absolute atomic E-state index is 0. The lowest BCUT2D eigenvalue weighted by atomic mass is 10.4. The van der Waals surface area contributed by atoms with Crippen LogP contribution in [-0.4, -0.2) is 6.16 Å². The molecular weight excluding hydrogens is 117 g/mol. The Morgan fingerprint density at radius 2 is 2.14 bits per heavy atom. The molecule has 0 N–H and O–H groups in total. The lowest BCUT2D eigenvalue weighted by Crippen LogP contribution is -1.72. The Morgan fingerprint density at radius 1 is 1.57 bits per heavy atom. The third-order valence-electron chi connectivity index (χ3n) is 0.681. The second-order valence-corrected chi connectivity index (χ2v) is 2.43. The van der Waals surface area contributed by atoms with Gasteiger partial charge in [0.2, 0.25) is 0 Å². The highest BCUT2D eigenvalue weighted by atomic mass is 31.2. The van der Waals surface area contributed by atoms with Gasteiger partial charge in [0.1, 0.15) is 0 Å². The van der Waals surface area contributed by atoms with Crippen molar-refractivity contribution >= 4 is 8.54 Å². The number of rotatable bonds is 3. The fourth-order valence-electron chi connectivity index (χ4n) is 0.278. The predicted molar refractivity (Wildman–Crippen MR) is 31.1 cm³/mol. The number of unbranched alkanes of at least 4 members (excludes halogenated alkanes) is 1. The highest BCUT2D eigenvalue weighted by Crippen LogP contribution is 2.38. The van der Waals surface area contributed by atoms with Gasteiger partial charge in [-0.2, -0.15) is 8.39 Å². The van der Waals surface area contributed by atoms with Crippen LogP contribution in [0.5, 0.6) is 0 Å². The molecule has 0 amide bonds. The fraction of sp³-hybridized carbons (Fsp3) is 1.00. The predicted octanol–water partition coefficient (Wildman–Crippen LogP) is 3.26. The fourth-order valence-corrected chi connectivity index (χ4v) is 0.833. The van der Waals surface area contributed by atoms with Gasteiger partial charge in [-0.25, -0.2) is 0 Å². The SMILES string of the molecule is CCCCP(F)F.[H+].[H+]. The number of halogens is 2. The Balaban J connectivity index is -0.000000180. The Labute approximate surface area is 46.9 Å². The van der Waals surface area contributed by atoms with Crippen molar-refractivity contribution in [2.45, 2.75) is 19.8 Å². The van der Waals surface area contributed by atoms with Gasteiger partial charge in [-0.15, -0.1) is 0 Å². The molecule has 0 bridgehead atoms. The van der Waals surface area contributed by atoms with Crippen LogP contribution < -0.4 is 0 Å². The van der Waals surface area contributed by atoms with Crippen LogP contribution in [-0.2, 0) is 0 Å². The molecule has 44 valence electrons. The largest absolute Gasteiger partial charge is 1.00 e. The minimum atomic E-state index is -2.61. The summed E-state index contributed by atoms with van der Waals surface area (Å²) in [4.78, 5) is 0. The number of hydrogen-bond donors (Lipinski definition) is 0. The van der Waals surface area contributed by atoms with Crippen molar-refractivity contribution in [3.63, 3.8) is 0 Å². The van der Waals surface area contributed by atoms with Gasteiger partial charge in [-0.05, 0) is 6.42 Å². The average molecular weight is 128 g/mol. The van der Waals surface area contributed by atoms with Crippen molar-refractivity contribution in [2.75, 3.05) is 6.16 Å². The summed E-state index contributed by atoms with van der Waals surface area (Å²) in [5.41, 5.74) is 0. The Hall–Kier alpha value is 0.290. The molecule has 7 heavy (non-hydrogen) atoms. The molecule has 0 saturated heterocycles. The zero-order valence-corrected chi connectivity index (χ0v) is 5.22. The van der Waals surface area contributed by atoms with Crippen molar-refractivity contribution < 1.29 is 11.2 Å². The van der Waals surface area contributed by atoms with Crippen LogP contribution >= 0.6 is 8.54 Å². The molecule has 0 nitrogen and oxygen atoms in total. The van der Waals surface area contributed by atoms with Crippen LogP contribution in [0.2, 0.25) is 0 Å². The van der Waals surface area contributed by atoms with Crippen LogP contribution in [0, 0.1) is 0 Å². The molecule has 0 rings (SSSR count). The van der Waals surface area contributed by atoms with Gasteiger partial charge in [-0.3, -0.25) is 0 Å². The first kappa shape index (κ1) is 7.29. The highest BCUT2D eigenvalue weighted by Gasteiger charge is 1.99. The smallest absolute Gasteiger partial charge is 0.189 e. The zero-order valence-electron chi connectivity index (χ0n) is 6.32. The third-order valence-corrected chi connectivity index (χ3v) is 1.33. The quantitative estimate of drug-likeness (QED) is 0.511. The van der Waals surface area contributed by atoms with Gasteiger partial charge in [0.05, 0.1) is 0 Å². The average Bonchev–Trinajstić information content (AvgIpc) is 1.61. The van der Waals surface area contributed by atoms with Crippen LogP contribution in [0.4, 0.5) is 8.39 Å². The first-order chi connectivity index (χ1) is 3.27. The molecular formula is C4H11F2P+2. The van der Waals surface area contributed by atoms with Crippen LogP contribution in [0.1, 0.15) is 22.6 Å². The van der Waals surface area contributed by atoms with Gasteiger partial charge in [-0.1, -0.05) is 13.3 Å². The van der Waals surface area contributed by atoms with Gasteiger partial charge in [0.25, 0.3) is 8.54 Å². The Morgan fingerprint density at radius 3 is 2.29 bits per heavy atom. The molecule has 0 heterocycles. The molecule has 0 atom stereocenters. The summed E-state index contributed by atoms with van der Waals surface area (Å²) in [7, 11) is -2.61. The molecule has 0 aromatic carbocycles. The molecule has 0 fully saturated rings. The Kier molecular flexibility index (Phi) is 4.63. The van der Waals surface area contributed by atoms with Crippen LogP contribution in [0.15, 0.2) is 0 Å². The maximum absolute atomic E-state index is 11.3. The van der Waals surface area contributed by atoms with E-state index in [0.717, 1.165) is 6.42 Å². The Bertz CT molecular complexity index is 45.5. The molecule has 0 aliphatic heterocycles. The summed E-state index contributed by atoms with van der Waals surface area (Å²) in [6.07, 6.45) is 1.69. The van der Waals surface area contributed by atoms with Crippen LogP contribution in [0.3, 0.4) is 0 Å². The topological polar surface area (TPSA) is 0 Å². The van der Waals surface area contributed by atoms with Crippen LogP contribution in [0.25, 0.3) is 0 Å². The van der Waals surface area contributed by atoms with E-state index in [1.54, 1.807) is 0 Å².